The number of pyridine rings is 1. The summed E-state index contributed by atoms with van der Waals surface area (Å²) in [5.41, 5.74) is 0.0425. The number of cyclic esters (lactones) is 1. The van der Waals surface area contributed by atoms with Crippen LogP contribution in [0.25, 0.3) is 11.0 Å². The van der Waals surface area contributed by atoms with Gasteiger partial charge in [-0.05, 0) is 18.2 Å². The molecular formula is C18H13F2N3O5. The molecule has 1 atom stereocenters. The Morgan fingerprint density at radius 2 is 1.96 bits per heavy atom. The minimum absolute atomic E-state index is 0.0246. The molecule has 28 heavy (non-hydrogen) atoms. The molecule has 2 fully saturated rings. The Morgan fingerprint density at radius 3 is 2.71 bits per heavy atom. The fourth-order valence-corrected chi connectivity index (χ4v) is 3.28. The molecule has 144 valence electrons. The van der Waals surface area contributed by atoms with E-state index in [-0.39, 0.29) is 36.5 Å². The predicted molar refractivity (Wildman–Crippen MR) is 89.4 cm³/mol. The first kappa shape index (κ1) is 17.0. The molecule has 0 spiro atoms. The molecule has 0 saturated carbocycles. The summed E-state index contributed by atoms with van der Waals surface area (Å²) in [6, 6.07) is 6.56. The topological polar surface area (TPSA) is 86.9 Å². The second-order valence-electron chi connectivity index (χ2n) is 6.29. The zero-order valence-electron chi connectivity index (χ0n) is 14.3. The Morgan fingerprint density at radius 1 is 1.14 bits per heavy atom. The van der Waals surface area contributed by atoms with E-state index in [1.807, 2.05) is 0 Å². The molecule has 1 amide bonds. The van der Waals surface area contributed by atoms with E-state index < -0.39 is 35.7 Å². The highest BCUT2D eigenvalue weighted by Crippen LogP contribution is 2.38. The zero-order chi connectivity index (χ0) is 19.3. The highest BCUT2D eigenvalue weighted by Gasteiger charge is 2.38. The Balaban J connectivity index is 1.55. The average molecular weight is 389 g/mol. The maximum atomic E-state index is 14.5. The van der Waals surface area contributed by atoms with Crippen LogP contribution in [0.3, 0.4) is 0 Å². The molecule has 10 heteroatoms. The number of anilines is 1. The monoisotopic (exact) mass is 389 g/mol. The third-order valence-corrected chi connectivity index (χ3v) is 4.62. The molecule has 0 aliphatic carbocycles. The summed E-state index contributed by atoms with van der Waals surface area (Å²) in [5.74, 6) is -2.34. The third-order valence-electron chi connectivity index (χ3n) is 4.62. The van der Waals surface area contributed by atoms with E-state index in [9.17, 15) is 13.6 Å². The summed E-state index contributed by atoms with van der Waals surface area (Å²) in [6.45, 7) is 0.636. The quantitative estimate of drug-likeness (QED) is 0.680. The number of halogens is 2. The van der Waals surface area contributed by atoms with Crippen molar-refractivity contribution in [3.8, 4) is 0 Å². The van der Waals surface area contributed by atoms with Crippen molar-refractivity contribution in [2.75, 3.05) is 24.7 Å². The Hall–Kier alpha value is -3.11. The van der Waals surface area contributed by atoms with Gasteiger partial charge in [0.2, 0.25) is 11.4 Å². The Bertz CT molecular complexity index is 1050. The number of carbonyl (C=O) groups is 1. The van der Waals surface area contributed by atoms with Gasteiger partial charge in [0.15, 0.2) is 24.0 Å². The van der Waals surface area contributed by atoms with Gasteiger partial charge in [-0.3, -0.25) is 9.88 Å². The summed E-state index contributed by atoms with van der Waals surface area (Å²) in [5, 5.41) is 3.88. The highest BCUT2D eigenvalue weighted by molar-refractivity contribution is 5.99. The number of carbonyl (C=O) groups excluding carboxylic acids is 1. The predicted octanol–water partition coefficient (Wildman–Crippen LogP) is 3.24. The van der Waals surface area contributed by atoms with E-state index in [1.165, 1.54) is 11.0 Å². The van der Waals surface area contributed by atoms with E-state index in [0.717, 1.165) is 0 Å². The van der Waals surface area contributed by atoms with E-state index in [4.69, 9.17) is 18.7 Å². The molecule has 2 saturated heterocycles. The molecule has 2 aliphatic rings. The molecule has 3 aromatic rings. The second kappa shape index (κ2) is 6.50. The number of benzene rings is 1. The molecule has 2 aromatic heterocycles. The van der Waals surface area contributed by atoms with Crippen LogP contribution in [0.5, 0.6) is 0 Å². The maximum Gasteiger partial charge on any atom is 0.416 e. The van der Waals surface area contributed by atoms with Gasteiger partial charge in [0, 0.05) is 11.8 Å². The van der Waals surface area contributed by atoms with Crippen LogP contribution in [0.15, 0.2) is 35.0 Å². The van der Waals surface area contributed by atoms with Crippen molar-refractivity contribution in [2.24, 2.45) is 0 Å². The van der Waals surface area contributed by atoms with E-state index in [1.54, 1.807) is 24.4 Å². The van der Waals surface area contributed by atoms with Crippen molar-refractivity contribution in [1.82, 2.24) is 10.1 Å². The highest BCUT2D eigenvalue weighted by atomic mass is 19.2. The first-order valence-electron chi connectivity index (χ1n) is 8.53. The lowest BCUT2D eigenvalue weighted by Gasteiger charge is -2.12. The van der Waals surface area contributed by atoms with Gasteiger partial charge in [-0.2, -0.15) is 4.39 Å². The number of ether oxygens (including phenoxy) is 3. The lowest BCUT2D eigenvalue weighted by atomic mass is 10.1. The first-order chi connectivity index (χ1) is 13.6. The Labute approximate surface area is 156 Å². The SMILES string of the molecule is O=C1OC(c2ccccn2)CN1c1noc2c(F)c(F)c(C3OCCO3)cc12. The smallest absolute Gasteiger partial charge is 0.416 e. The van der Waals surface area contributed by atoms with Gasteiger partial charge in [0.05, 0.1) is 30.8 Å². The molecule has 8 nitrogen and oxygen atoms in total. The number of fused-ring (bicyclic) bond motifs is 1. The first-order valence-corrected chi connectivity index (χ1v) is 8.53. The summed E-state index contributed by atoms with van der Waals surface area (Å²) in [4.78, 5) is 17.7. The number of rotatable bonds is 3. The number of hydrogen-bond donors (Lipinski definition) is 0. The summed E-state index contributed by atoms with van der Waals surface area (Å²) in [7, 11) is 0. The van der Waals surface area contributed by atoms with Crippen LogP contribution in [-0.2, 0) is 14.2 Å². The van der Waals surface area contributed by atoms with Crippen molar-refractivity contribution in [3.63, 3.8) is 0 Å². The maximum absolute atomic E-state index is 14.5. The number of nitrogens with zero attached hydrogens (tertiary/aromatic N) is 3. The zero-order valence-corrected chi connectivity index (χ0v) is 14.3. The molecule has 0 bridgehead atoms. The molecule has 1 aromatic carbocycles. The Kier molecular flexibility index (Phi) is 3.95. The molecule has 5 rings (SSSR count). The molecule has 2 aliphatic heterocycles. The van der Waals surface area contributed by atoms with E-state index in [0.29, 0.717) is 5.69 Å². The van der Waals surface area contributed by atoms with Crippen LogP contribution in [0.2, 0.25) is 0 Å². The minimum Gasteiger partial charge on any atom is -0.437 e. The van der Waals surface area contributed by atoms with Gasteiger partial charge in [-0.15, -0.1) is 0 Å². The van der Waals surface area contributed by atoms with Crippen LogP contribution in [-0.4, -0.2) is 36.0 Å². The van der Waals surface area contributed by atoms with Gasteiger partial charge in [-0.1, -0.05) is 11.2 Å². The molecule has 1 unspecified atom stereocenters. The van der Waals surface area contributed by atoms with Crippen molar-refractivity contribution in [3.05, 3.63) is 53.4 Å². The van der Waals surface area contributed by atoms with Gasteiger partial charge in [0.25, 0.3) is 0 Å². The average Bonchev–Trinajstić information content (AvgIpc) is 3.45. The fourth-order valence-electron chi connectivity index (χ4n) is 3.28. The normalized spacial score (nSPS) is 20.3. The number of aromatic nitrogens is 2. The van der Waals surface area contributed by atoms with Crippen LogP contribution < -0.4 is 4.90 Å². The lowest BCUT2D eigenvalue weighted by Crippen LogP contribution is -2.24. The van der Waals surface area contributed by atoms with E-state index >= 15 is 0 Å². The number of hydrogen-bond acceptors (Lipinski definition) is 7. The van der Waals surface area contributed by atoms with Gasteiger partial charge in [0.1, 0.15) is 0 Å². The fraction of sp³-hybridized carbons (Fsp3) is 0.278. The van der Waals surface area contributed by atoms with Crippen molar-refractivity contribution in [2.45, 2.75) is 12.4 Å². The molecular weight excluding hydrogens is 376 g/mol. The number of amides is 1. The van der Waals surface area contributed by atoms with Crippen LogP contribution in [0.1, 0.15) is 23.7 Å². The largest absolute Gasteiger partial charge is 0.437 e. The summed E-state index contributed by atoms with van der Waals surface area (Å²) < 4.78 is 49.7. The third kappa shape index (κ3) is 2.60. The van der Waals surface area contributed by atoms with E-state index in [2.05, 4.69) is 10.1 Å². The van der Waals surface area contributed by atoms with Gasteiger partial charge in [-0.25, -0.2) is 9.18 Å². The summed E-state index contributed by atoms with van der Waals surface area (Å²) >= 11 is 0. The van der Waals surface area contributed by atoms with Crippen LogP contribution in [0, 0.1) is 11.6 Å². The van der Waals surface area contributed by atoms with Crippen molar-refractivity contribution in [1.29, 1.82) is 0 Å². The van der Waals surface area contributed by atoms with Crippen LogP contribution in [0.4, 0.5) is 19.4 Å². The van der Waals surface area contributed by atoms with Gasteiger partial charge >= 0.3 is 6.09 Å². The molecule has 0 N–H and O–H groups in total. The van der Waals surface area contributed by atoms with Crippen molar-refractivity contribution >= 4 is 22.9 Å². The van der Waals surface area contributed by atoms with Crippen LogP contribution >= 0.6 is 0 Å². The lowest BCUT2D eigenvalue weighted by molar-refractivity contribution is -0.0467. The standard InChI is InChI=1S/C18H13F2N3O5/c19-13-9(17-25-5-6-26-17)7-10-15(14(13)20)28-22-16(10)23-8-12(27-18(23)24)11-3-1-2-4-21-11/h1-4,7,12,17H,5-6,8H2. The van der Waals surface area contributed by atoms with Crippen molar-refractivity contribution < 1.29 is 32.3 Å². The molecule has 0 radical (unpaired) electrons. The second-order valence-corrected chi connectivity index (χ2v) is 6.29. The van der Waals surface area contributed by atoms with Gasteiger partial charge < -0.3 is 18.7 Å². The molecule has 4 heterocycles. The minimum atomic E-state index is -1.22. The summed E-state index contributed by atoms with van der Waals surface area (Å²) in [6.07, 6.45) is -0.755.